The number of hydrogen-bond acceptors (Lipinski definition) is 6. The number of anilines is 1. The summed E-state index contributed by atoms with van der Waals surface area (Å²) in [6.07, 6.45) is 4.89. The number of aryl methyl sites for hydroxylation is 2. The summed E-state index contributed by atoms with van der Waals surface area (Å²) in [6, 6.07) is 0. The van der Waals surface area contributed by atoms with Crippen LogP contribution in [0.4, 0.5) is 5.69 Å². The summed E-state index contributed by atoms with van der Waals surface area (Å²) in [5.74, 6) is 1.49. The van der Waals surface area contributed by atoms with Crippen molar-refractivity contribution < 1.29 is 9.32 Å². The molecule has 2 fully saturated rings. The molecule has 120 valence electrons. The number of carbonyl (C=O) groups excluding carboxylic acids is 1. The predicted octanol–water partition coefficient (Wildman–Crippen LogP) is 1.18. The van der Waals surface area contributed by atoms with Gasteiger partial charge < -0.3 is 9.42 Å². The molecule has 0 bridgehead atoms. The first kappa shape index (κ1) is 14.3. The van der Waals surface area contributed by atoms with E-state index in [9.17, 15) is 4.79 Å². The van der Waals surface area contributed by atoms with E-state index in [1.54, 1.807) is 12.4 Å². The first-order valence-corrected chi connectivity index (χ1v) is 7.84. The molecule has 2 aliphatic rings. The summed E-state index contributed by atoms with van der Waals surface area (Å²) >= 11 is 0. The highest BCUT2D eigenvalue weighted by atomic mass is 16.5. The first-order valence-electron chi connectivity index (χ1n) is 7.84. The third-order valence-corrected chi connectivity index (χ3v) is 4.94. The van der Waals surface area contributed by atoms with Gasteiger partial charge in [-0.1, -0.05) is 5.16 Å². The molecule has 0 aliphatic carbocycles. The lowest BCUT2D eigenvalue weighted by Gasteiger charge is -2.21. The summed E-state index contributed by atoms with van der Waals surface area (Å²) < 4.78 is 5.23. The Morgan fingerprint density at radius 2 is 2.00 bits per heavy atom. The van der Waals surface area contributed by atoms with Crippen molar-refractivity contribution in [2.24, 2.45) is 11.8 Å². The van der Waals surface area contributed by atoms with Gasteiger partial charge in [-0.15, -0.1) is 0 Å². The zero-order valence-electron chi connectivity index (χ0n) is 13.3. The second kappa shape index (κ2) is 5.42. The van der Waals surface area contributed by atoms with E-state index in [4.69, 9.17) is 4.52 Å². The molecule has 7 heteroatoms. The summed E-state index contributed by atoms with van der Waals surface area (Å²) in [5, 5.41) is 4.01. The van der Waals surface area contributed by atoms with Crippen LogP contribution in [0.25, 0.3) is 0 Å². The van der Waals surface area contributed by atoms with Crippen molar-refractivity contribution in [3.8, 4) is 0 Å². The van der Waals surface area contributed by atoms with Gasteiger partial charge in [0.25, 0.3) is 0 Å². The quantitative estimate of drug-likeness (QED) is 0.847. The van der Waals surface area contributed by atoms with Crippen LogP contribution < -0.4 is 4.90 Å². The number of likely N-dealkylation sites (tertiary alicyclic amines) is 1. The van der Waals surface area contributed by atoms with Crippen LogP contribution in [0.1, 0.15) is 17.0 Å². The fraction of sp³-hybridized carbons (Fsp3) is 0.500. The molecule has 0 spiro atoms. The second-order valence-electron chi connectivity index (χ2n) is 6.41. The standard InChI is InChI=1S/C16H19N5O2/c1-10-14(11(2)23-19-10)7-20-5-12-6-21(16(22)15(12)8-20)13-3-17-9-18-4-13/h3-4,9,12,15H,5-8H2,1-2H3/t12-,15-/m1/s1. The molecule has 23 heavy (non-hydrogen) atoms. The monoisotopic (exact) mass is 313 g/mol. The Kier molecular flexibility index (Phi) is 3.37. The maximum atomic E-state index is 12.7. The van der Waals surface area contributed by atoms with Gasteiger partial charge in [0.2, 0.25) is 5.91 Å². The summed E-state index contributed by atoms with van der Waals surface area (Å²) in [5.41, 5.74) is 2.88. The highest BCUT2D eigenvalue weighted by Gasteiger charge is 2.46. The van der Waals surface area contributed by atoms with Crippen LogP contribution in [0.3, 0.4) is 0 Å². The third kappa shape index (κ3) is 2.41. The molecule has 2 saturated heterocycles. The van der Waals surface area contributed by atoms with Crippen molar-refractivity contribution in [2.75, 3.05) is 24.5 Å². The smallest absolute Gasteiger partial charge is 0.231 e. The number of carbonyl (C=O) groups is 1. The Morgan fingerprint density at radius 3 is 2.65 bits per heavy atom. The van der Waals surface area contributed by atoms with Gasteiger partial charge >= 0.3 is 0 Å². The number of amides is 1. The second-order valence-corrected chi connectivity index (χ2v) is 6.41. The maximum absolute atomic E-state index is 12.7. The van der Waals surface area contributed by atoms with Crippen LogP contribution in [-0.4, -0.2) is 45.6 Å². The first-order chi connectivity index (χ1) is 11.1. The van der Waals surface area contributed by atoms with Crippen LogP contribution in [0.5, 0.6) is 0 Å². The van der Waals surface area contributed by atoms with E-state index < -0.39 is 0 Å². The maximum Gasteiger partial charge on any atom is 0.231 e. The molecule has 1 amide bonds. The Hall–Kier alpha value is -2.28. The van der Waals surface area contributed by atoms with Gasteiger partial charge in [0.15, 0.2) is 0 Å². The zero-order valence-corrected chi connectivity index (χ0v) is 13.3. The van der Waals surface area contributed by atoms with Gasteiger partial charge in [0, 0.05) is 37.7 Å². The minimum atomic E-state index is 0.0654. The van der Waals surface area contributed by atoms with E-state index >= 15 is 0 Å². The SMILES string of the molecule is Cc1noc(C)c1CN1C[C@@H]2CN(c3cncnc3)C(=O)[C@@H]2C1. The summed E-state index contributed by atoms with van der Waals surface area (Å²) in [4.78, 5) is 24.9. The van der Waals surface area contributed by atoms with Gasteiger partial charge in [-0.25, -0.2) is 9.97 Å². The van der Waals surface area contributed by atoms with E-state index in [1.807, 2.05) is 18.7 Å². The Balaban J connectivity index is 1.46. The molecule has 0 aromatic carbocycles. The van der Waals surface area contributed by atoms with Crippen LogP contribution >= 0.6 is 0 Å². The van der Waals surface area contributed by atoms with Gasteiger partial charge in [-0.3, -0.25) is 9.69 Å². The Morgan fingerprint density at radius 1 is 1.22 bits per heavy atom. The van der Waals surface area contributed by atoms with Crippen molar-refractivity contribution in [3.63, 3.8) is 0 Å². The van der Waals surface area contributed by atoms with Gasteiger partial charge in [0.1, 0.15) is 12.1 Å². The van der Waals surface area contributed by atoms with Crippen LogP contribution in [0.2, 0.25) is 0 Å². The van der Waals surface area contributed by atoms with E-state index in [0.717, 1.165) is 48.9 Å². The van der Waals surface area contributed by atoms with Crippen LogP contribution in [0.15, 0.2) is 23.2 Å². The average Bonchev–Trinajstić information content (AvgIpc) is 3.19. The Labute approximate surface area is 134 Å². The van der Waals surface area contributed by atoms with Gasteiger partial charge in [-0.2, -0.15) is 0 Å². The molecule has 2 aliphatic heterocycles. The molecule has 0 unspecified atom stereocenters. The number of rotatable bonds is 3. The lowest BCUT2D eigenvalue weighted by Crippen LogP contribution is -2.32. The molecule has 0 N–H and O–H groups in total. The molecule has 7 nitrogen and oxygen atoms in total. The molecule has 2 atom stereocenters. The number of fused-ring (bicyclic) bond motifs is 1. The van der Waals surface area contributed by atoms with E-state index in [2.05, 4.69) is 20.0 Å². The molecular weight excluding hydrogens is 294 g/mol. The molecular formula is C16H19N5O2. The molecule has 4 rings (SSSR count). The largest absolute Gasteiger partial charge is 0.361 e. The van der Waals surface area contributed by atoms with Crippen LogP contribution in [-0.2, 0) is 11.3 Å². The van der Waals surface area contributed by atoms with E-state index in [1.165, 1.54) is 6.33 Å². The van der Waals surface area contributed by atoms with Crippen molar-refractivity contribution in [1.29, 1.82) is 0 Å². The molecule has 4 heterocycles. The molecule has 0 radical (unpaired) electrons. The highest BCUT2D eigenvalue weighted by Crippen LogP contribution is 2.35. The predicted molar refractivity (Wildman–Crippen MR) is 82.6 cm³/mol. The molecule has 0 saturated carbocycles. The summed E-state index contributed by atoms with van der Waals surface area (Å²) in [6.45, 7) is 7.16. The van der Waals surface area contributed by atoms with Crippen molar-refractivity contribution >= 4 is 11.6 Å². The minimum Gasteiger partial charge on any atom is -0.361 e. The fourth-order valence-corrected chi connectivity index (χ4v) is 3.69. The highest BCUT2D eigenvalue weighted by molar-refractivity contribution is 5.97. The summed E-state index contributed by atoms with van der Waals surface area (Å²) in [7, 11) is 0. The van der Waals surface area contributed by atoms with Gasteiger partial charge in [0.05, 0.1) is 29.7 Å². The third-order valence-electron chi connectivity index (χ3n) is 4.94. The lowest BCUT2D eigenvalue weighted by atomic mass is 10.0. The minimum absolute atomic E-state index is 0.0654. The van der Waals surface area contributed by atoms with Crippen molar-refractivity contribution in [1.82, 2.24) is 20.0 Å². The van der Waals surface area contributed by atoms with Crippen molar-refractivity contribution in [3.05, 3.63) is 35.7 Å². The molecule has 2 aromatic heterocycles. The van der Waals surface area contributed by atoms with E-state index in [0.29, 0.717) is 5.92 Å². The normalized spacial score (nSPS) is 24.4. The fourth-order valence-electron chi connectivity index (χ4n) is 3.69. The topological polar surface area (TPSA) is 75.4 Å². The van der Waals surface area contributed by atoms with Crippen LogP contribution in [0, 0.1) is 25.7 Å². The number of aromatic nitrogens is 3. The Bertz CT molecular complexity index is 710. The van der Waals surface area contributed by atoms with E-state index in [-0.39, 0.29) is 11.8 Å². The average molecular weight is 313 g/mol. The van der Waals surface area contributed by atoms with Crippen molar-refractivity contribution in [2.45, 2.75) is 20.4 Å². The van der Waals surface area contributed by atoms with Gasteiger partial charge in [-0.05, 0) is 13.8 Å². The molecule has 2 aromatic rings. The number of hydrogen-bond donors (Lipinski definition) is 0. The lowest BCUT2D eigenvalue weighted by molar-refractivity contribution is -0.120. The zero-order chi connectivity index (χ0) is 16.0. The number of nitrogens with zero attached hydrogens (tertiary/aromatic N) is 5.